The molecule has 0 atom stereocenters. The van der Waals surface area contributed by atoms with Crippen LogP contribution in [0.4, 0.5) is 5.69 Å². The molecule has 1 saturated carbocycles. The fourth-order valence-electron chi connectivity index (χ4n) is 2.51. The third kappa shape index (κ3) is 3.98. The number of hydrogen-bond donors (Lipinski definition) is 2. The highest BCUT2D eigenvalue weighted by atomic mass is 32.1. The van der Waals surface area contributed by atoms with Crippen LogP contribution in [0, 0.1) is 12.8 Å². The lowest BCUT2D eigenvalue weighted by Crippen LogP contribution is -2.33. The van der Waals surface area contributed by atoms with E-state index in [0.717, 1.165) is 23.3 Å². The largest absolute Gasteiger partial charge is 0.362 e. The average molecular weight is 262 g/mol. The first-order chi connectivity index (χ1) is 8.75. The monoisotopic (exact) mass is 262 g/mol. The van der Waals surface area contributed by atoms with Gasteiger partial charge < -0.3 is 10.6 Å². The highest BCUT2D eigenvalue weighted by molar-refractivity contribution is 7.80. The molecule has 1 aliphatic rings. The average Bonchev–Trinajstić information content (AvgIpc) is 2.40. The van der Waals surface area contributed by atoms with Gasteiger partial charge in [0.1, 0.15) is 0 Å². The van der Waals surface area contributed by atoms with Crippen LogP contribution in [-0.2, 0) is 0 Å². The van der Waals surface area contributed by atoms with Crippen LogP contribution in [0.2, 0.25) is 0 Å². The molecular weight excluding hydrogens is 240 g/mol. The van der Waals surface area contributed by atoms with Crippen molar-refractivity contribution in [1.29, 1.82) is 0 Å². The molecule has 0 unspecified atom stereocenters. The van der Waals surface area contributed by atoms with Crippen LogP contribution in [-0.4, -0.2) is 11.7 Å². The Labute approximate surface area is 115 Å². The van der Waals surface area contributed by atoms with Gasteiger partial charge in [-0.3, -0.25) is 0 Å². The van der Waals surface area contributed by atoms with Crippen LogP contribution in [0.1, 0.15) is 37.7 Å². The summed E-state index contributed by atoms with van der Waals surface area (Å²) >= 11 is 5.34. The normalized spacial score (nSPS) is 16.3. The molecule has 98 valence electrons. The number of hydrogen-bond acceptors (Lipinski definition) is 1. The van der Waals surface area contributed by atoms with Crippen LogP contribution in [0.25, 0.3) is 0 Å². The van der Waals surface area contributed by atoms with Crippen molar-refractivity contribution in [2.75, 3.05) is 11.9 Å². The summed E-state index contributed by atoms with van der Waals surface area (Å²) in [7, 11) is 0. The minimum atomic E-state index is 0.745. The number of benzene rings is 1. The molecule has 0 aliphatic heterocycles. The van der Waals surface area contributed by atoms with Crippen LogP contribution < -0.4 is 10.6 Å². The second-order valence-electron chi connectivity index (χ2n) is 5.15. The van der Waals surface area contributed by atoms with E-state index < -0.39 is 0 Å². The molecule has 2 N–H and O–H groups in total. The van der Waals surface area contributed by atoms with E-state index >= 15 is 0 Å². The Bertz CT molecular complexity index is 397. The quantitative estimate of drug-likeness (QED) is 0.809. The molecular formula is C15H22N2S. The van der Waals surface area contributed by atoms with Crippen molar-refractivity contribution in [2.45, 2.75) is 39.0 Å². The summed E-state index contributed by atoms with van der Waals surface area (Å²) in [6.45, 7) is 3.10. The van der Waals surface area contributed by atoms with Gasteiger partial charge >= 0.3 is 0 Å². The Morgan fingerprint density at radius 3 is 2.67 bits per heavy atom. The molecule has 1 aliphatic carbocycles. The van der Waals surface area contributed by atoms with Gasteiger partial charge in [0.15, 0.2) is 5.11 Å². The lowest BCUT2D eigenvalue weighted by atomic mass is 9.89. The van der Waals surface area contributed by atoms with Gasteiger partial charge in [-0.2, -0.15) is 0 Å². The van der Waals surface area contributed by atoms with Crippen molar-refractivity contribution in [3.8, 4) is 0 Å². The van der Waals surface area contributed by atoms with Gasteiger partial charge in [-0.15, -0.1) is 0 Å². The van der Waals surface area contributed by atoms with E-state index in [0.29, 0.717) is 0 Å². The van der Waals surface area contributed by atoms with Gasteiger partial charge in [-0.25, -0.2) is 0 Å². The molecule has 0 aromatic heterocycles. The first kappa shape index (κ1) is 13.3. The summed E-state index contributed by atoms with van der Waals surface area (Å²) in [6.07, 6.45) is 6.86. The lowest BCUT2D eigenvalue weighted by molar-refractivity contribution is 0.357. The Morgan fingerprint density at radius 1 is 1.22 bits per heavy atom. The first-order valence-corrected chi connectivity index (χ1v) is 7.27. The van der Waals surface area contributed by atoms with E-state index in [1.165, 1.54) is 37.7 Å². The van der Waals surface area contributed by atoms with Crippen LogP contribution in [0.15, 0.2) is 24.3 Å². The molecule has 1 aromatic carbocycles. The maximum Gasteiger partial charge on any atom is 0.170 e. The van der Waals surface area contributed by atoms with Crippen molar-refractivity contribution in [2.24, 2.45) is 5.92 Å². The fraction of sp³-hybridized carbons (Fsp3) is 0.533. The van der Waals surface area contributed by atoms with Gasteiger partial charge in [0.05, 0.1) is 0 Å². The standard InChI is InChI=1S/C15H22N2S/c1-12-7-5-6-10-14(12)17-15(18)16-11-13-8-3-2-4-9-13/h5-7,10,13H,2-4,8-9,11H2,1H3,(H2,16,17,18). The van der Waals surface area contributed by atoms with E-state index in [-0.39, 0.29) is 0 Å². The van der Waals surface area contributed by atoms with E-state index in [4.69, 9.17) is 12.2 Å². The number of anilines is 1. The number of aryl methyl sites for hydroxylation is 1. The Morgan fingerprint density at radius 2 is 1.94 bits per heavy atom. The van der Waals surface area contributed by atoms with Gasteiger partial charge in [0.2, 0.25) is 0 Å². The van der Waals surface area contributed by atoms with Gasteiger partial charge in [0.25, 0.3) is 0 Å². The van der Waals surface area contributed by atoms with Crippen molar-refractivity contribution in [3.05, 3.63) is 29.8 Å². The minimum absolute atomic E-state index is 0.745. The Hall–Kier alpha value is -1.09. The maximum atomic E-state index is 5.34. The number of rotatable bonds is 3. The first-order valence-electron chi connectivity index (χ1n) is 6.86. The van der Waals surface area contributed by atoms with Crippen LogP contribution >= 0.6 is 12.2 Å². The molecule has 0 heterocycles. The summed E-state index contributed by atoms with van der Waals surface area (Å²) in [5, 5.41) is 7.36. The fourth-order valence-corrected chi connectivity index (χ4v) is 2.70. The van der Waals surface area contributed by atoms with Crippen molar-refractivity contribution < 1.29 is 0 Å². The predicted octanol–water partition coefficient (Wildman–Crippen LogP) is 3.86. The second kappa shape index (κ2) is 6.74. The van der Waals surface area contributed by atoms with Gasteiger partial charge in [-0.05, 0) is 49.5 Å². The smallest absolute Gasteiger partial charge is 0.170 e. The van der Waals surface area contributed by atoms with Gasteiger partial charge in [-0.1, -0.05) is 37.5 Å². The highest BCUT2D eigenvalue weighted by Crippen LogP contribution is 2.22. The molecule has 2 rings (SSSR count). The van der Waals surface area contributed by atoms with Crippen LogP contribution in [0.3, 0.4) is 0 Å². The SMILES string of the molecule is Cc1ccccc1NC(=S)NCC1CCCCC1. The third-order valence-electron chi connectivity index (χ3n) is 3.67. The second-order valence-corrected chi connectivity index (χ2v) is 5.56. The third-order valence-corrected chi connectivity index (χ3v) is 3.92. The summed E-state index contributed by atoms with van der Waals surface area (Å²) < 4.78 is 0. The zero-order chi connectivity index (χ0) is 12.8. The summed E-state index contributed by atoms with van der Waals surface area (Å²) in [5.41, 5.74) is 2.32. The summed E-state index contributed by atoms with van der Waals surface area (Å²) in [6, 6.07) is 8.22. The lowest BCUT2D eigenvalue weighted by Gasteiger charge is -2.22. The topological polar surface area (TPSA) is 24.1 Å². The molecule has 0 amide bonds. The molecule has 0 spiro atoms. The molecule has 1 fully saturated rings. The molecule has 0 saturated heterocycles. The Balaban J connectivity index is 1.76. The zero-order valence-electron chi connectivity index (χ0n) is 11.0. The van der Waals surface area contributed by atoms with Crippen molar-refractivity contribution in [1.82, 2.24) is 5.32 Å². The van der Waals surface area contributed by atoms with E-state index in [1.807, 2.05) is 12.1 Å². The maximum absolute atomic E-state index is 5.34. The summed E-state index contributed by atoms with van der Waals surface area (Å²) in [5.74, 6) is 0.801. The van der Waals surface area contributed by atoms with E-state index in [1.54, 1.807) is 0 Å². The zero-order valence-corrected chi connectivity index (χ0v) is 11.9. The van der Waals surface area contributed by atoms with Gasteiger partial charge in [0, 0.05) is 12.2 Å². The minimum Gasteiger partial charge on any atom is -0.362 e. The molecule has 1 aromatic rings. The van der Waals surface area contributed by atoms with Crippen molar-refractivity contribution in [3.63, 3.8) is 0 Å². The highest BCUT2D eigenvalue weighted by Gasteiger charge is 2.13. The molecule has 3 heteroatoms. The molecule has 0 radical (unpaired) electrons. The number of nitrogens with one attached hydrogen (secondary N) is 2. The van der Waals surface area contributed by atoms with E-state index in [9.17, 15) is 0 Å². The molecule has 18 heavy (non-hydrogen) atoms. The Kier molecular flexibility index (Phi) is 5.00. The molecule has 0 bridgehead atoms. The number of thiocarbonyl (C=S) groups is 1. The molecule has 2 nitrogen and oxygen atoms in total. The number of para-hydroxylation sites is 1. The predicted molar refractivity (Wildman–Crippen MR) is 82.0 cm³/mol. The van der Waals surface area contributed by atoms with Crippen molar-refractivity contribution >= 4 is 23.0 Å². The van der Waals surface area contributed by atoms with E-state index in [2.05, 4.69) is 29.7 Å². The summed E-state index contributed by atoms with van der Waals surface area (Å²) in [4.78, 5) is 0. The van der Waals surface area contributed by atoms with Crippen LogP contribution in [0.5, 0.6) is 0 Å².